The van der Waals surface area contributed by atoms with Crippen LogP contribution in [0.15, 0.2) is 33.8 Å². The molecule has 1 aliphatic rings. The molecule has 1 N–H and O–H groups in total. The molecule has 1 aliphatic carbocycles. The lowest BCUT2D eigenvalue weighted by Crippen LogP contribution is -2.46. The number of nitrogens with zero attached hydrogens (tertiary/aromatic N) is 2. The SMILES string of the molecule is Cn1c(Br)nc(C(=O)NC2CC2c2ccc(F)cc2)c(O[Si](C)(C)C(C)(C)C)c1=O. The van der Waals surface area contributed by atoms with Crippen molar-refractivity contribution in [1.82, 2.24) is 14.9 Å². The Kier molecular flexibility index (Phi) is 5.99. The van der Waals surface area contributed by atoms with Crippen LogP contribution in [0, 0.1) is 5.82 Å². The van der Waals surface area contributed by atoms with E-state index in [1.54, 1.807) is 19.2 Å². The number of amides is 1. The van der Waals surface area contributed by atoms with E-state index in [1.165, 1.54) is 16.7 Å². The van der Waals surface area contributed by atoms with Crippen molar-refractivity contribution in [2.45, 2.75) is 57.3 Å². The molecule has 1 saturated carbocycles. The highest BCUT2D eigenvalue weighted by molar-refractivity contribution is 9.10. The van der Waals surface area contributed by atoms with Crippen LogP contribution >= 0.6 is 15.9 Å². The minimum Gasteiger partial charge on any atom is -0.538 e. The van der Waals surface area contributed by atoms with E-state index in [2.05, 4.69) is 47.0 Å². The van der Waals surface area contributed by atoms with E-state index >= 15 is 0 Å². The topological polar surface area (TPSA) is 73.2 Å². The van der Waals surface area contributed by atoms with Crippen molar-refractivity contribution in [3.05, 3.63) is 56.4 Å². The van der Waals surface area contributed by atoms with Crippen LogP contribution in [0.25, 0.3) is 0 Å². The highest BCUT2D eigenvalue weighted by atomic mass is 79.9. The molecule has 2 atom stereocenters. The first-order chi connectivity index (χ1) is 13.8. The normalized spacial score (nSPS) is 18.8. The van der Waals surface area contributed by atoms with Crippen LogP contribution in [0.5, 0.6) is 5.75 Å². The van der Waals surface area contributed by atoms with Crippen molar-refractivity contribution < 1.29 is 13.6 Å². The number of hydrogen-bond donors (Lipinski definition) is 1. The predicted molar refractivity (Wildman–Crippen MR) is 120 cm³/mol. The standard InChI is InChI=1S/C21H27BrFN3O3Si/c1-21(2,3)30(5,6)29-17-16(25-20(22)26(4)19(17)28)18(27)24-15-11-14(15)12-7-9-13(23)10-8-12/h7-10,14-15H,11H2,1-6H3,(H,24,27). The summed E-state index contributed by atoms with van der Waals surface area (Å²) in [5, 5.41) is 2.79. The van der Waals surface area contributed by atoms with E-state index in [4.69, 9.17) is 4.43 Å². The van der Waals surface area contributed by atoms with Crippen molar-refractivity contribution >= 4 is 30.2 Å². The number of benzene rings is 1. The fourth-order valence-corrected chi connectivity index (χ4v) is 4.22. The third-order valence-corrected chi connectivity index (χ3v) is 11.0. The van der Waals surface area contributed by atoms with Gasteiger partial charge >= 0.3 is 0 Å². The Morgan fingerprint density at radius 2 is 1.90 bits per heavy atom. The average Bonchev–Trinajstić information content (AvgIpc) is 3.40. The predicted octanol–water partition coefficient (Wildman–Crippen LogP) is 4.35. The Labute approximate surface area is 185 Å². The number of nitrogens with one attached hydrogen (secondary N) is 1. The second-order valence-electron chi connectivity index (χ2n) is 9.26. The van der Waals surface area contributed by atoms with Gasteiger partial charge in [0.15, 0.2) is 10.4 Å². The van der Waals surface area contributed by atoms with E-state index in [0.717, 1.165) is 12.0 Å². The van der Waals surface area contributed by atoms with E-state index in [1.807, 2.05) is 13.1 Å². The Hall–Kier alpha value is -2.00. The first kappa shape index (κ1) is 22.7. The zero-order valence-electron chi connectivity index (χ0n) is 18.0. The summed E-state index contributed by atoms with van der Waals surface area (Å²) in [5.74, 6) is -0.628. The number of halogens is 2. The van der Waals surface area contributed by atoms with Crippen molar-refractivity contribution in [2.24, 2.45) is 7.05 Å². The van der Waals surface area contributed by atoms with Gasteiger partial charge in [0.1, 0.15) is 5.82 Å². The van der Waals surface area contributed by atoms with Crippen LogP contribution in [0.2, 0.25) is 18.1 Å². The third kappa shape index (κ3) is 4.51. The molecule has 0 saturated heterocycles. The molecule has 1 aromatic carbocycles. The molecule has 2 unspecified atom stereocenters. The summed E-state index contributed by atoms with van der Waals surface area (Å²) in [4.78, 5) is 30.2. The largest absolute Gasteiger partial charge is 0.538 e. The molecule has 1 heterocycles. The molecule has 9 heteroatoms. The first-order valence-electron chi connectivity index (χ1n) is 9.83. The number of carbonyl (C=O) groups excluding carboxylic acids is 1. The van der Waals surface area contributed by atoms with Gasteiger partial charge in [0.25, 0.3) is 19.8 Å². The van der Waals surface area contributed by atoms with Gasteiger partial charge in [-0.2, -0.15) is 0 Å². The van der Waals surface area contributed by atoms with Crippen molar-refractivity contribution in [2.75, 3.05) is 0 Å². The molecule has 162 valence electrons. The minimum absolute atomic E-state index is 0.0104. The maximum Gasteiger partial charge on any atom is 0.295 e. The maximum absolute atomic E-state index is 13.1. The number of aromatic nitrogens is 2. The van der Waals surface area contributed by atoms with Crippen molar-refractivity contribution in [3.63, 3.8) is 0 Å². The van der Waals surface area contributed by atoms with Crippen molar-refractivity contribution in [1.29, 1.82) is 0 Å². The first-order valence-corrected chi connectivity index (χ1v) is 13.5. The molecule has 1 fully saturated rings. The minimum atomic E-state index is -2.37. The smallest absolute Gasteiger partial charge is 0.295 e. The van der Waals surface area contributed by atoms with Gasteiger partial charge in [0, 0.05) is 19.0 Å². The molecule has 0 bridgehead atoms. The van der Waals surface area contributed by atoms with Crippen LogP contribution in [0.3, 0.4) is 0 Å². The third-order valence-electron chi connectivity index (χ3n) is 5.98. The molecule has 2 aromatic rings. The van der Waals surface area contributed by atoms with Crippen molar-refractivity contribution in [3.8, 4) is 5.75 Å². The summed E-state index contributed by atoms with van der Waals surface area (Å²) in [6.45, 7) is 10.2. The van der Waals surface area contributed by atoms with Gasteiger partial charge in [0.2, 0.25) is 5.75 Å². The average molecular weight is 496 g/mol. The van der Waals surface area contributed by atoms with Crippen LogP contribution in [-0.4, -0.2) is 29.8 Å². The van der Waals surface area contributed by atoms with Gasteiger partial charge in [-0.25, -0.2) is 9.37 Å². The Morgan fingerprint density at radius 3 is 2.47 bits per heavy atom. The summed E-state index contributed by atoms with van der Waals surface area (Å²) in [6, 6.07) is 6.19. The quantitative estimate of drug-likeness (QED) is 0.494. The lowest BCUT2D eigenvalue weighted by molar-refractivity contribution is 0.0942. The van der Waals surface area contributed by atoms with Gasteiger partial charge < -0.3 is 9.74 Å². The molecular formula is C21H27BrFN3O3Si. The number of carbonyl (C=O) groups is 1. The maximum atomic E-state index is 13.1. The Morgan fingerprint density at radius 1 is 1.30 bits per heavy atom. The van der Waals surface area contributed by atoms with Gasteiger partial charge in [-0.05, 0) is 58.2 Å². The van der Waals surface area contributed by atoms with Gasteiger partial charge in [-0.15, -0.1) is 0 Å². The molecule has 3 rings (SSSR count). The summed E-state index contributed by atoms with van der Waals surface area (Å²) in [7, 11) is -0.800. The monoisotopic (exact) mass is 495 g/mol. The highest BCUT2D eigenvalue weighted by Gasteiger charge is 2.43. The molecule has 1 aromatic heterocycles. The summed E-state index contributed by atoms with van der Waals surface area (Å²) < 4.78 is 21.0. The van der Waals surface area contributed by atoms with Crippen LogP contribution < -0.4 is 15.3 Å². The molecule has 30 heavy (non-hydrogen) atoms. The number of hydrogen-bond acceptors (Lipinski definition) is 4. The van der Waals surface area contributed by atoms with Crippen LogP contribution in [0.1, 0.15) is 49.2 Å². The lowest BCUT2D eigenvalue weighted by Gasteiger charge is -2.36. The van der Waals surface area contributed by atoms with E-state index < -0.39 is 19.8 Å². The molecule has 0 spiro atoms. The fraction of sp³-hybridized carbons (Fsp3) is 0.476. The highest BCUT2D eigenvalue weighted by Crippen LogP contribution is 2.41. The molecule has 0 radical (unpaired) electrons. The molecule has 1 amide bonds. The second-order valence-corrected chi connectivity index (χ2v) is 14.7. The fourth-order valence-electron chi connectivity index (χ4n) is 2.88. The molecular weight excluding hydrogens is 469 g/mol. The number of rotatable bonds is 5. The second kappa shape index (κ2) is 7.92. The van der Waals surface area contributed by atoms with Gasteiger partial charge in [0.05, 0.1) is 0 Å². The van der Waals surface area contributed by atoms with E-state index in [0.29, 0.717) is 0 Å². The van der Waals surface area contributed by atoms with E-state index in [-0.39, 0.29) is 39.0 Å². The molecule has 6 nitrogen and oxygen atoms in total. The zero-order chi connectivity index (χ0) is 22.4. The summed E-state index contributed by atoms with van der Waals surface area (Å²) in [5.41, 5.74) is 0.551. The summed E-state index contributed by atoms with van der Waals surface area (Å²) >= 11 is 3.25. The van der Waals surface area contributed by atoms with Crippen LogP contribution in [0.4, 0.5) is 4.39 Å². The molecule has 0 aliphatic heterocycles. The van der Waals surface area contributed by atoms with Crippen LogP contribution in [-0.2, 0) is 7.05 Å². The Balaban J connectivity index is 1.87. The lowest BCUT2D eigenvalue weighted by atomic mass is 10.1. The zero-order valence-corrected chi connectivity index (χ0v) is 20.6. The van der Waals surface area contributed by atoms with Gasteiger partial charge in [-0.3, -0.25) is 14.2 Å². The summed E-state index contributed by atoms with van der Waals surface area (Å²) in [6.07, 6.45) is 0.752. The van der Waals surface area contributed by atoms with Gasteiger partial charge in [-0.1, -0.05) is 32.9 Å². The Bertz CT molecular complexity index is 1030. The van der Waals surface area contributed by atoms with E-state index in [9.17, 15) is 14.0 Å².